The molecule has 3 aromatic rings. The number of para-hydroxylation sites is 1. The summed E-state index contributed by atoms with van der Waals surface area (Å²) in [6, 6.07) is 12.2. The average Bonchev–Trinajstić information content (AvgIpc) is 3.29. The van der Waals surface area contributed by atoms with Gasteiger partial charge >= 0.3 is 5.97 Å². The van der Waals surface area contributed by atoms with Gasteiger partial charge in [-0.25, -0.2) is 9.69 Å². The van der Waals surface area contributed by atoms with E-state index in [1.54, 1.807) is 37.4 Å². The summed E-state index contributed by atoms with van der Waals surface area (Å²) in [6.45, 7) is -0.638. The van der Waals surface area contributed by atoms with Crippen molar-refractivity contribution in [3.05, 3.63) is 65.4 Å². The Labute approximate surface area is 187 Å². The highest BCUT2D eigenvalue weighted by Gasteiger charge is 2.47. The van der Waals surface area contributed by atoms with Gasteiger partial charge in [0.05, 0.1) is 16.6 Å². The van der Waals surface area contributed by atoms with E-state index in [2.05, 4.69) is 5.10 Å². The number of nitrogens with zero attached hydrogens (tertiary/aromatic N) is 4. The predicted molar refractivity (Wildman–Crippen MR) is 113 cm³/mol. The van der Waals surface area contributed by atoms with Crippen LogP contribution in [0.1, 0.15) is 44.0 Å². The predicted octanol–water partition coefficient (Wildman–Crippen LogP) is 1.50. The van der Waals surface area contributed by atoms with Gasteiger partial charge in [-0.05, 0) is 24.6 Å². The maximum Gasteiger partial charge on any atom is 0.361 e. The Morgan fingerprint density at radius 3 is 2.33 bits per heavy atom. The fourth-order valence-corrected chi connectivity index (χ4v) is 4.24. The average molecular weight is 446 g/mol. The van der Waals surface area contributed by atoms with E-state index < -0.39 is 42.4 Å². The van der Waals surface area contributed by atoms with E-state index >= 15 is 0 Å². The number of ether oxygens (including phenoxy) is 1. The number of benzene rings is 2. The van der Waals surface area contributed by atoms with Crippen LogP contribution in [0.15, 0.2) is 48.5 Å². The fourth-order valence-electron chi connectivity index (χ4n) is 4.24. The molecule has 10 nitrogen and oxygen atoms in total. The van der Waals surface area contributed by atoms with E-state index in [-0.39, 0.29) is 29.7 Å². The van der Waals surface area contributed by atoms with Gasteiger partial charge in [0.2, 0.25) is 5.91 Å². The SMILES string of the molecule is Cn1nc(C(=O)OCN2C(=O)CCC(N3C(=O)c4ccccc4C3=O)C2=O)c2ccccc21. The number of piperidine rings is 1. The number of aryl methyl sites for hydroxylation is 1. The highest BCUT2D eigenvalue weighted by Crippen LogP contribution is 2.29. The third-order valence-electron chi connectivity index (χ3n) is 5.90. The van der Waals surface area contributed by atoms with Crippen LogP contribution in [0.25, 0.3) is 10.9 Å². The van der Waals surface area contributed by atoms with Gasteiger partial charge in [0.15, 0.2) is 12.4 Å². The summed E-state index contributed by atoms with van der Waals surface area (Å²) < 4.78 is 6.77. The number of hydrogen-bond donors (Lipinski definition) is 0. The molecular formula is C23H18N4O6. The minimum Gasteiger partial charge on any atom is -0.439 e. The third-order valence-corrected chi connectivity index (χ3v) is 5.90. The van der Waals surface area contributed by atoms with Crippen LogP contribution in [0, 0.1) is 0 Å². The standard InChI is InChI=1S/C23H18N4O6/c1-25-16-9-5-4-8-15(16)19(24-25)23(32)33-12-26-18(28)11-10-17(22(26)31)27-20(29)13-6-2-3-7-14(13)21(27)30/h2-9,17H,10-12H2,1H3. The number of carbonyl (C=O) groups excluding carboxylic acids is 5. The Bertz CT molecular complexity index is 1320. The first-order valence-corrected chi connectivity index (χ1v) is 10.3. The minimum atomic E-state index is -1.15. The number of esters is 1. The van der Waals surface area contributed by atoms with Crippen molar-refractivity contribution in [1.82, 2.24) is 19.6 Å². The highest BCUT2D eigenvalue weighted by atomic mass is 16.5. The molecule has 5 rings (SSSR count). The highest BCUT2D eigenvalue weighted by molar-refractivity contribution is 6.23. The van der Waals surface area contributed by atoms with Crippen LogP contribution in [-0.2, 0) is 21.4 Å². The molecule has 1 aromatic heterocycles. The molecule has 1 fully saturated rings. The zero-order valence-corrected chi connectivity index (χ0v) is 17.6. The molecular weight excluding hydrogens is 428 g/mol. The number of aromatic nitrogens is 2. The Morgan fingerprint density at radius 2 is 1.64 bits per heavy atom. The monoisotopic (exact) mass is 446 g/mol. The van der Waals surface area contributed by atoms with Gasteiger partial charge in [-0.1, -0.05) is 30.3 Å². The molecule has 33 heavy (non-hydrogen) atoms. The number of hydrogen-bond acceptors (Lipinski definition) is 7. The third kappa shape index (κ3) is 3.18. The Balaban J connectivity index is 1.34. The molecule has 0 N–H and O–H groups in total. The Hall–Kier alpha value is -4.34. The lowest BCUT2D eigenvalue weighted by Gasteiger charge is -2.33. The lowest BCUT2D eigenvalue weighted by atomic mass is 10.0. The van der Waals surface area contributed by atoms with Crippen LogP contribution in [-0.4, -0.2) is 62.0 Å². The smallest absolute Gasteiger partial charge is 0.361 e. The van der Waals surface area contributed by atoms with Gasteiger partial charge in [-0.15, -0.1) is 0 Å². The minimum absolute atomic E-state index is 0.0124. The first kappa shape index (κ1) is 20.6. The van der Waals surface area contributed by atoms with Crippen molar-refractivity contribution in [3.63, 3.8) is 0 Å². The van der Waals surface area contributed by atoms with Crippen LogP contribution >= 0.6 is 0 Å². The van der Waals surface area contributed by atoms with Crippen LogP contribution in [0.3, 0.4) is 0 Å². The number of imide groups is 2. The van der Waals surface area contributed by atoms with E-state index in [4.69, 9.17) is 4.74 Å². The van der Waals surface area contributed by atoms with Gasteiger partial charge in [-0.3, -0.25) is 28.8 Å². The van der Waals surface area contributed by atoms with Crippen LogP contribution < -0.4 is 0 Å². The second-order valence-electron chi connectivity index (χ2n) is 7.79. The largest absolute Gasteiger partial charge is 0.439 e. The van der Waals surface area contributed by atoms with Gasteiger partial charge < -0.3 is 4.74 Å². The second kappa shape index (κ2) is 7.66. The summed E-state index contributed by atoms with van der Waals surface area (Å²) >= 11 is 0. The first-order valence-electron chi connectivity index (χ1n) is 10.3. The lowest BCUT2D eigenvalue weighted by Crippen LogP contribution is -2.56. The molecule has 0 spiro atoms. The summed E-state index contributed by atoms with van der Waals surface area (Å²) in [6.07, 6.45) is -0.0632. The van der Waals surface area contributed by atoms with Gasteiger partial charge in [0, 0.05) is 18.9 Å². The number of amides is 4. The lowest BCUT2D eigenvalue weighted by molar-refractivity contribution is -0.156. The van der Waals surface area contributed by atoms with E-state index in [0.29, 0.717) is 5.39 Å². The van der Waals surface area contributed by atoms with Crippen molar-refractivity contribution in [2.75, 3.05) is 6.73 Å². The van der Waals surface area contributed by atoms with Crippen LogP contribution in [0.5, 0.6) is 0 Å². The molecule has 3 heterocycles. The van der Waals surface area contributed by atoms with Crippen molar-refractivity contribution < 1.29 is 28.7 Å². The van der Waals surface area contributed by atoms with Crippen molar-refractivity contribution >= 4 is 40.5 Å². The molecule has 10 heteroatoms. The Morgan fingerprint density at radius 1 is 1.00 bits per heavy atom. The van der Waals surface area contributed by atoms with E-state index in [1.807, 2.05) is 6.07 Å². The van der Waals surface area contributed by atoms with Crippen molar-refractivity contribution in [2.24, 2.45) is 7.05 Å². The van der Waals surface area contributed by atoms with Gasteiger partial charge in [0.25, 0.3) is 17.7 Å². The normalized spacial score (nSPS) is 18.3. The van der Waals surface area contributed by atoms with Crippen LogP contribution in [0.4, 0.5) is 0 Å². The summed E-state index contributed by atoms with van der Waals surface area (Å²) in [5.74, 6) is -3.28. The summed E-state index contributed by atoms with van der Waals surface area (Å²) in [5.41, 5.74) is 1.21. The number of fused-ring (bicyclic) bond motifs is 2. The molecule has 1 atom stereocenters. The first-order chi connectivity index (χ1) is 15.9. The summed E-state index contributed by atoms with van der Waals surface area (Å²) in [5, 5.41) is 4.74. The van der Waals surface area contributed by atoms with Crippen LogP contribution in [0.2, 0.25) is 0 Å². The molecule has 0 saturated carbocycles. The molecule has 166 valence electrons. The van der Waals surface area contributed by atoms with E-state index in [9.17, 15) is 24.0 Å². The molecule has 2 aromatic carbocycles. The van der Waals surface area contributed by atoms with E-state index in [0.717, 1.165) is 15.3 Å². The van der Waals surface area contributed by atoms with Gasteiger partial charge in [-0.2, -0.15) is 5.10 Å². The molecule has 0 bridgehead atoms. The maximum absolute atomic E-state index is 13.1. The van der Waals surface area contributed by atoms with Crippen molar-refractivity contribution in [1.29, 1.82) is 0 Å². The second-order valence-corrected chi connectivity index (χ2v) is 7.79. The zero-order chi connectivity index (χ0) is 23.3. The molecule has 0 radical (unpaired) electrons. The number of carbonyl (C=O) groups is 5. The zero-order valence-electron chi connectivity index (χ0n) is 17.6. The topological polar surface area (TPSA) is 119 Å². The number of likely N-dealkylation sites (tertiary alicyclic amines) is 1. The van der Waals surface area contributed by atoms with Crippen molar-refractivity contribution in [2.45, 2.75) is 18.9 Å². The summed E-state index contributed by atoms with van der Waals surface area (Å²) in [4.78, 5) is 65.3. The number of rotatable bonds is 4. The molecule has 0 aliphatic carbocycles. The maximum atomic E-state index is 13.1. The molecule has 2 aliphatic heterocycles. The van der Waals surface area contributed by atoms with Gasteiger partial charge in [0.1, 0.15) is 6.04 Å². The molecule has 2 aliphatic rings. The van der Waals surface area contributed by atoms with Crippen molar-refractivity contribution in [3.8, 4) is 0 Å². The Kier molecular flexibility index (Phi) is 4.77. The summed E-state index contributed by atoms with van der Waals surface area (Å²) in [7, 11) is 1.68. The molecule has 4 amide bonds. The fraction of sp³-hybridized carbons (Fsp3) is 0.217. The molecule has 1 unspecified atom stereocenters. The molecule has 1 saturated heterocycles. The quantitative estimate of drug-likeness (QED) is 0.440. The van der Waals surface area contributed by atoms with E-state index in [1.165, 1.54) is 16.8 Å².